The van der Waals surface area contributed by atoms with Crippen LogP contribution in [0, 0.1) is 27.7 Å². The molecule has 0 aliphatic rings. The average Bonchev–Trinajstić information content (AvgIpc) is 3.26. The number of anilines is 1. The molecule has 0 radical (unpaired) electrons. The second-order valence-corrected chi connectivity index (χ2v) is 8.79. The number of aryl methyl sites for hydroxylation is 4. The van der Waals surface area contributed by atoms with Crippen molar-refractivity contribution >= 4 is 28.3 Å². The summed E-state index contributed by atoms with van der Waals surface area (Å²) in [7, 11) is 0. The summed E-state index contributed by atoms with van der Waals surface area (Å²) in [6.45, 7) is 8.40. The van der Waals surface area contributed by atoms with Crippen LogP contribution in [0.1, 0.15) is 38.4 Å². The first-order valence-corrected chi connectivity index (χ1v) is 11.1. The number of carbonyl (C=O) groups is 1. The molecule has 0 atom stereocenters. The molecule has 5 aromatic rings. The van der Waals surface area contributed by atoms with Gasteiger partial charge in [0.1, 0.15) is 0 Å². The minimum atomic E-state index is -0.461. The van der Waals surface area contributed by atoms with E-state index in [-0.39, 0.29) is 17.0 Å². The van der Waals surface area contributed by atoms with Gasteiger partial charge in [0.05, 0.1) is 17.6 Å². The molecule has 0 saturated heterocycles. The fourth-order valence-corrected chi connectivity index (χ4v) is 4.01. The predicted octanol–water partition coefficient (Wildman–Crippen LogP) is 4.58. The minimum Gasteiger partial charge on any atom is -0.319 e. The average molecular weight is 452 g/mol. The first-order chi connectivity index (χ1) is 16.3. The molecule has 34 heavy (non-hydrogen) atoms. The molecule has 170 valence electrons. The molecule has 1 N–H and O–H groups in total. The number of rotatable bonds is 4. The monoisotopic (exact) mass is 451 g/mol. The Hall–Kier alpha value is -4.26. The molecular weight excluding hydrogens is 426 g/mol. The van der Waals surface area contributed by atoms with Crippen molar-refractivity contribution in [2.24, 2.45) is 0 Å². The maximum Gasteiger partial charge on any atom is 0.296 e. The largest absolute Gasteiger partial charge is 0.319 e. The van der Waals surface area contributed by atoms with E-state index >= 15 is 0 Å². The molecule has 7 nitrogen and oxygen atoms in total. The van der Waals surface area contributed by atoms with Crippen LogP contribution in [-0.2, 0) is 6.54 Å². The summed E-state index contributed by atoms with van der Waals surface area (Å²) in [6, 6.07) is 19.6. The maximum absolute atomic E-state index is 13.5. The van der Waals surface area contributed by atoms with E-state index in [0.717, 1.165) is 33.3 Å². The van der Waals surface area contributed by atoms with Crippen molar-refractivity contribution in [3.63, 3.8) is 0 Å². The lowest BCUT2D eigenvalue weighted by molar-refractivity contribution is 0.101. The van der Waals surface area contributed by atoms with Crippen LogP contribution in [0.25, 0.3) is 16.7 Å². The van der Waals surface area contributed by atoms with Gasteiger partial charge in [-0.1, -0.05) is 42.0 Å². The van der Waals surface area contributed by atoms with Crippen LogP contribution in [0.5, 0.6) is 0 Å². The number of amides is 1. The Balaban J connectivity index is 1.62. The highest BCUT2D eigenvalue weighted by Crippen LogP contribution is 2.19. The van der Waals surface area contributed by atoms with Crippen LogP contribution in [0.3, 0.4) is 0 Å². The highest BCUT2D eigenvalue weighted by molar-refractivity contribution is 6.02. The maximum atomic E-state index is 13.5. The van der Waals surface area contributed by atoms with Crippen LogP contribution < -0.4 is 10.9 Å². The Morgan fingerprint density at radius 3 is 2.32 bits per heavy atom. The van der Waals surface area contributed by atoms with Crippen LogP contribution in [-0.4, -0.2) is 25.1 Å². The first-order valence-electron chi connectivity index (χ1n) is 11.1. The van der Waals surface area contributed by atoms with Gasteiger partial charge in [-0.25, -0.2) is 4.52 Å². The predicted molar refractivity (Wildman–Crippen MR) is 134 cm³/mol. The van der Waals surface area contributed by atoms with E-state index in [9.17, 15) is 9.59 Å². The van der Waals surface area contributed by atoms with E-state index in [4.69, 9.17) is 0 Å². The molecule has 0 fully saturated rings. The third-order valence-electron chi connectivity index (χ3n) is 6.12. The van der Waals surface area contributed by atoms with Crippen LogP contribution >= 0.6 is 0 Å². The molecule has 5 rings (SSSR count). The number of hydrogen-bond acceptors (Lipinski definition) is 4. The fraction of sp³-hybridized carbons (Fsp3) is 0.185. The van der Waals surface area contributed by atoms with Gasteiger partial charge in [-0.3, -0.25) is 14.2 Å². The van der Waals surface area contributed by atoms with Gasteiger partial charge in [-0.15, -0.1) is 5.10 Å². The van der Waals surface area contributed by atoms with E-state index in [2.05, 4.69) is 15.4 Å². The molecule has 0 spiro atoms. The quantitative estimate of drug-likeness (QED) is 0.434. The van der Waals surface area contributed by atoms with Crippen molar-refractivity contribution in [1.29, 1.82) is 0 Å². The summed E-state index contributed by atoms with van der Waals surface area (Å²) < 4.78 is 3.17. The lowest BCUT2D eigenvalue weighted by Crippen LogP contribution is -2.24. The number of fused-ring (bicyclic) bond motifs is 3. The van der Waals surface area contributed by atoms with Crippen LogP contribution in [0.4, 0.5) is 5.69 Å². The Labute approximate surface area is 196 Å². The Kier molecular flexibility index (Phi) is 5.24. The second-order valence-electron chi connectivity index (χ2n) is 8.79. The number of hydrogen-bond donors (Lipinski definition) is 1. The van der Waals surface area contributed by atoms with Gasteiger partial charge >= 0.3 is 0 Å². The highest BCUT2D eigenvalue weighted by atomic mass is 16.2. The first kappa shape index (κ1) is 21.6. The normalized spacial score (nSPS) is 11.3. The van der Waals surface area contributed by atoms with Crippen molar-refractivity contribution < 1.29 is 4.79 Å². The zero-order valence-corrected chi connectivity index (χ0v) is 19.6. The van der Waals surface area contributed by atoms with Crippen molar-refractivity contribution in [3.05, 3.63) is 105 Å². The van der Waals surface area contributed by atoms with Crippen molar-refractivity contribution in [2.75, 3.05) is 5.32 Å². The molecule has 2 aromatic heterocycles. The summed E-state index contributed by atoms with van der Waals surface area (Å²) in [4.78, 5) is 30.8. The molecule has 7 heteroatoms. The molecular formula is C27H25N5O2. The van der Waals surface area contributed by atoms with E-state index in [0.29, 0.717) is 17.7 Å². The topological polar surface area (TPSA) is 81.3 Å². The standard InChI is InChI=1S/C27H25N5O2/c1-16-5-9-20(10-6-16)15-31-23-13-17(2)7-12-22(23)32-25(27(31)34)29-24(30-32)26(33)28-21-11-8-18(3)19(4)14-21/h5-14H,15H2,1-4H3,(H,28,33). The molecule has 0 aliphatic heterocycles. The summed E-state index contributed by atoms with van der Waals surface area (Å²) >= 11 is 0. The zero-order chi connectivity index (χ0) is 24.0. The molecule has 2 heterocycles. The third-order valence-corrected chi connectivity index (χ3v) is 6.12. The number of nitrogens with zero attached hydrogens (tertiary/aromatic N) is 4. The summed E-state index contributed by atoms with van der Waals surface area (Å²) in [6.07, 6.45) is 0. The molecule has 0 unspecified atom stereocenters. The van der Waals surface area contributed by atoms with E-state index < -0.39 is 5.91 Å². The molecule has 0 aliphatic carbocycles. The number of nitrogens with one attached hydrogen (secondary N) is 1. The summed E-state index contributed by atoms with van der Waals surface area (Å²) in [5.41, 5.74) is 7.33. The van der Waals surface area contributed by atoms with Crippen molar-refractivity contribution in [3.8, 4) is 0 Å². The second kappa shape index (κ2) is 8.26. The lowest BCUT2D eigenvalue weighted by atomic mass is 10.1. The van der Waals surface area contributed by atoms with E-state index in [1.807, 2.05) is 88.4 Å². The number of carbonyl (C=O) groups excluding carboxylic acids is 1. The van der Waals surface area contributed by atoms with E-state index in [1.54, 1.807) is 4.57 Å². The summed E-state index contributed by atoms with van der Waals surface area (Å²) in [5.74, 6) is -0.512. The fourth-order valence-electron chi connectivity index (χ4n) is 4.01. The van der Waals surface area contributed by atoms with Crippen molar-refractivity contribution in [1.82, 2.24) is 19.2 Å². The third kappa shape index (κ3) is 3.85. The zero-order valence-electron chi connectivity index (χ0n) is 19.6. The molecule has 3 aromatic carbocycles. The number of benzene rings is 3. The van der Waals surface area contributed by atoms with Crippen LogP contribution in [0.15, 0.2) is 65.5 Å². The van der Waals surface area contributed by atoms with Gasteiger partial charge in [-0.05, 0) is 74.2 Å². The van der Waals surface area contributed by atoms with Gasteiger partial charge in [0.25, 0.3) is 11.5 Å². The minimum absolute atomic E-state index is 0.0507. The van der Waals surface area contributed by atoms with Gasteiger partial charge in [-0.2, -0.15) is 4.98 Å². The van der Waals surface area contributed by atoms with Gasteiger partial charge in [0.2, 0.25) is 11.5 Å². The highest BCUT2D eigenvalue weighted by Gasteiger charge is 2.19. The molecule has 1 amide bonds. The molecule has 0 saturated carbocycles. The smallest absolute Gasteiger partial charge is 0.296 e. The Bertz CT molecular complexity index is 1630. The van der Waals surface area contributed by atoms with Crippen LogP contribution in [0.2, 0.25) is 0 Å². The molecule has 0 bridgehead atoms. The van der Waals surface area contributed by atoms with Gasteiger partial charge in [0, 0.05) is 5.69 Å². The van der Waals surface area contributed by atoms with Gasteiger partial charge in [0.15, 0.2) is 0 Å². The van der Waals surface area contributed by atoms with Crippen molar-refractivity contribution in [2.45, 2.75) is 34.2 Å². The Morgan fingerprint density at radius 2 is 1.59 bits per heavy atom. The van der Waals surface area contributed by atoms with Gasteiger partial charge < -0.3 is 5.32 Å². The lowest BCUT2D eigenvalue weighted by Gasteiger charge is -2.12. The SMILES string of the molecule is Cc1ccc(Cn2c(=O)c3nc(C(=O)Nc4ccc(C)c(C)c4)nn3c3ccc(C)cc32)cc1. The summed E-state index contributed by atoms with van der Waals surface area (Å²) in [5, 5.41) is 7.24. The number of aromatic nitrogens is 4. The Morgan fingerprint density at radius 1 is 0.853 bits per heavy atom. The van der Waals surface area contributed by atoms with E-state index in [1.165, 1.54) is 4.52 Å².